The zero-order valence-corrected chi connectivity index (χ0v) is 8.11. The van der Waals surface area contributed by atoms with Crippen LogP contribution in [0.5, 0.6) is 0 Å². The lowest BCUT2D eigenvalue weighted by Gasteiger charge is -1.80. The van der Waals surface area contributed by atoms with Gasteiger partial charge in [0.15, 0.2) is 5.13 Å². The van der Waals surface area contributed by atoms with E-state index in [0.29, 0.717) is 5.13 Å². The van der Waals surface area contributed by atoms with Gasteiger partial charge in [-0.25, -0.2) is 4.98 Å². The predicted octanol–water partition coefficient (Wildman–Crippen LogP) is 0.882. The van der Waals surface area contributed by atoms with Crippen LogP contribution >= 0.6 is 11.3 Å². The summed E-state index contributed by atoms with van der Waals surface area (Å²) < 4.78 is 0.921. The van der Waals surface area contributed by atoms with Crippen LogP contribution in [0.2, 0.25) is 0 Å². The number of hydrogen-bond acceptors (Lipinski definition) is 3. The minimum atomic E-state index is 0.577. The molecule has 3 heteroatoms. The van der Waals surface area contributed by atoms with Crippen LogP contribution in [0, 0.1) is 0 Å². The molecule has 0 spiro atoms. The summed E-state index contributed by atoms with van der Waals surface area (Å²) in [6.45, 7) is 7.91. The number of nitrogens with zero attached hydrogens (tertiary/aromatic N) is 1. The number of thiazole rings is 1. The van der Waals surface area contributed by atoms with Crippen molar-refractivity contribution < 1.29 is 0 Å². The molecular formula is C9H12N2S. The van der Waals surface area contributed by atoms with Crippen molar-refractivity contribution in [2.75, 3.05) is 5.73 Å². The van der Waals surface area contributed by atoms with E-state index in [2.05, 4.69) is 11.6 Å². The highest BCUT2D eigenvalue weighted by Gasteiger charge is 1.90. The number of anilines is 1. The molecule has 0 amide bonds. The Balaban J connectivity index is 3.19. The van der Waals surface area contributed by atoms with Crippen LogP contribution < -0.4 is 15.6 Å². The minimum absolute atomic E-state index is 0.577. The maximum Gasteiger partial charge on any atom is 0.181 e. The van der Waals surface area contributed by atoms with Crippen LogP contribution in [0.4, 0.5) is 5.13 Å². The molecule has 1 rings (SSSR count). The molecule has 0 saturated heterocycles. The van der Waals surface area contributed by atoms with E-state index in [1.807, 2.05) is 26.0 Å². The Hall–Kier alpha value is -1.09. The van der Waals surface area contributed by atoms with Crippen molar-refractivity contribution in [1.29, 1.82) is 0 Å². The van der Waals surface area contributed by atoms with Gasteiger partial charge < -0.3 is 5.73 Å². The maximum atomic E-state index is 5.51. The third-order valence-corrected chi connectivity index (χ3v) is 2.07. The van der Waals surface area contributed by atoms with E-state index in [1.165, 1.54) is 16.9 Å². The molecule has 0 saturated carbocycles. The van der Waals surface area contributed by atoms with Crippen molar-refractivity contribution in [3.8, 4) is 0 Å². The van der Waals surface area contributed by atoms with Gasteiger partial charge in [-0.3, -0.25) is 0 Å². The molecule has 0 aromatic carbocycles. The Kier molecular flexibility index (Phi) is 2.65. The lowest BCUT2D eigenvalue weighted by Crippen LogP contribution is -2.18. The summed E-state index contributed by atoms with van der Waals surface area (Å²) in [6, 6.07) is 0. The van der Waals surface area contributed by atoms with Gasteiger partial charge in [0, 0.05) is 4.53 Å². The molecule has 0 aliphatic carbocycles. The van der Waals surface area contributed by atoms with Crippen molar-refractivity contribution in [2.24, 2.45) is 0 Å². The Bertz CT molecular complexity index is 397. The third kappa shape index (κ3) is 2.20. The zero-order chi connectivity index (χ0) is 9.14. The van der Waals surface area contributed by atoms with Gasteiger partial charge in [-0.15, -0.1) is 0 Å². The first-order valence-electron chi connectivity index (χ1n) is 3.66. The lowest BCUT2D eigenvalue weighted by atomic mass is 10.3. The van der Waals surface area contributed by atoms with Gasteiger partial charge in [-0.2, -0.15) is 0 Å². The molecule has 0 bridgehead atoms. The Morgan fingerprint density at radius 1 is 1.58 bits per heavy atom. The number of nitrogen functional groups attached to an aromatic ring is 1. The van der Waals surface area contributed by atoms with Crippen molar-refractivity contribution in [3.05, 3.63) is 21.5 Å². The molecule has 1 aromatic rings. The number of hydrogen-bond donors (Lipinski definition) is 1. The van der Waals surface area contributed by atoms with Crippen LogP contribution in [0.1, 0.15) is 13.8 Å². The summed E-state index contributed by atoms with van der Waals surface area (Å²) in [7, 11) is 0. The van der Waals surface area contributed by atoms with Gasteiger partial charge in [0.25, 0.3) is 0 Å². The number of allylic oxidation sites excluding steroid dienone is 2. The molecule has 2 N–H and O–H groups in total. The molecule has 0 unspecified atom stereocenters. The molecular weight excluding hydrogens is 168 g/mol. The van der Waals surface area contributed by atoms with E-state index in [0.717, 1.165) is 9.88 Å². The van der Waals surface area contributed by atoms with Gasteiger partial charge >= 0.3 is 0 Å². The first-order valence-corrected chi connectivity index (χ1v) is 4.47. The fraction of sp³-hybridized carbons (Fsp3) is 0.222. The van der Waals surface area contributed by atoms with E-state index >= 15 is 0 Å². The van der Waals surface area contributed by atoms with Crippen LogP contribution in [0.15, 0.2) is 11.6 Å². The normalized spacial score (nSPS) is 11.7. The van der Waals surface area contributed by atoms with Crippen LogP contribution in [-0.2, 0) is 0 Å². The van der Waals surface area contributed by atoms with E-state index in [-0.39, 0.29) is 0 Å². The average Bonchev–Trinajstić information content (AvgIpc) is 2.26. The molecule has 1 aromatic heterocycles. The van der Waals surface area contributed by atoms with E-state index in [9.17, 15) is 0 Å². The van der Waals surface area contributed by atoms with Gasteiger partial charge in [-0.05, 0) is 19.9 Å². The zero-order valence-electron chi connectivity index (χ0n) is 7.29. The summed E-state index contributed by atoms with van der Waals surface area (Å²) in [6.07, 6.45) is 3.94. The molecule has 2 nitrogen and oxygen atoms in total. The Labute approximate surface area is 75.8 Å². The maximum absolute atomic E-state index is 5.51. The molecule has 1 heterocycles. The monoisotopic (exact) mass is 180 g/mol. The largest absolute Gasteiger partial charge is 0.375 e. The SMILES string of the molecule is C=c1sc(N)n/c1=C/C=C(C)C. The van der Waals surface area contributed by atoms with Crippen molar-refractivity contribution in [1.82, 2.24) is 4.98 Å². The quantitative estimate of drug-likeness (QED) is 0.697. The predicted molar refractivity (Wildman–Crippen MR) is 55.2 cm³/mol. The third-order valence-electron chi connectivity index (χ3n) is 1.32. The van der Waals surface area contributed by atoms with Crippen molar-refractivity contribution >= 4 is 29.1 Å². The average molecular weight is 180 g/mol. The Morgan fingerprint density at radius 2 is 2.25 bits per heavy atom. The summed E-state index contributed by atoms with van der Waals surface area (Å²) in [5.74, 6) is 0. The topological polar surface area (TPSA) is 38.9 Å². The minimum Gasteiger partial charge on any atom is -0.375 e. The van der Waals surface area contributed by atoms with Gasteiger partial charge in [0.05, 0.1) is 5.35 Å². The van der Waals surface area contributed by atoms with E-state index < -0.39 is 0 Å². The van der Waals surface area contributed by atoms with Crippen LogP contribution in [0.3, 0.4) is 0 Å². The van der Waals surface area contributed by atoms with Crippen LogP contribution in [-0.4, -0.2) is 4.98 Å². The number of aromatic nitrogens is 1. The molecule has 0 aliphatic rings. The molecule has 0 aliphatic heterocycles. The fourth-order valence-corrected chi connectivity index (χ4v) is 1.37. The second-order valence-electron chi connectivity index (χ2n) is 2.77. The van der Waals surface area contributed by atoms with Gasteiger partial charge in [0.1, 0.15) is 0 Å². The summed E-state index contributed by atoms with van der Waals surface area (Å²) >= 11 is 1.42. The molecule has 12 heavy (non-hydrogen) atoms. The van der Waals surface area contributed by atoms with Crippen LogP contribution in [0.25, 0.3) is 12.7 Å². The summed E-state index contributed by atoms with van der Waals surface area (Å²) in [5.41, 5.74) is 6.75. The first-order chi connectivity index (χ1) is 5.59. The number of nitrogens with two attached hydrogens (primary N) is 1. The summed E-state index contributed by atoms with van der Waals surface area (Å²) in [4.78, 5) is 4.12. The standard InChI is InChI=1S/C9H12N2S/c1-6(2)4-5-8-7(3)12-9(10)11-8/h4-5H,3H2,1-2H3,(H2,10,11)/b8-5+. The fourth-order valence-electron chi connectivity index (χ4n) is 0.758. The smallest absolute Gasteiger partial charge is 0.181 e. The lowest BCUT2D eigenvalue weighted by molar-refractivity contribution is 1.32. The molecule has 0 fully saturated rings. The van der Waals surface area contributed by atoms with Crippen molar-refractivity contribution in [3.63, 3.8) is 0 Å². The van der Waals surface area contributed by atoms with Crippen molar-refractivity contribution in [2.45, 2.75) is 13.8 Å². The van der Waals surface area contributed by atoms with Gasteiger partial charge in [-0.1, -0.05) is 29.6 Å². The van der Waals surface area contributed by atoms with Gasteiger partial charge in [0.2, 0.25) is 0 Å². The second kappa shape index (κ2) is 3.54. The van der Waals surface area contributed by atoms with E-state index in [1.54, 1.807) is 0 Å². The van der Waals surface area contributed by atoms with E-state index in [4.69, 9.17) is 5.73 Å². The number of rotatable bonds is 1. The molecule has 0 radical (unpaired) electrons. The first kappa shape index (κ1) is 9.00. The second-order valence-corrected chi connectivity index (χ2v) is 3.89. The summed E-state index contributed by atoms with van der Waals surface area (Å²) in [5, 5.41) is 1.45. The molecule has 64 valence electrons. The Morgan fingerprint density at radius 3 is 2.67 bits per heavy atom. The highest BCUT2D eigenvalue weighted by molar-refractivity contribution is 7.13. The highest BCUT2D eigenvalue weighted by atomic mass is 32.1. The molecule has 0 atom stereocenters. The highest BCUT2D eigenvalue weighted by Crippen LogP contribution is 1.94.